The summed E-state index contributed by atoms with van der Waals surface area (Å²) in [6, 6.07) is 0. The second-order valence-electron chi connectivity index (χ2n) is 3.31. The molecule has 4 heteroatoms. The van der Waals surface area contributed by atoms with E-state index in [0.717, 1.165) is 0 Å². The zero-order chi connectivity index (χ0) is 9.78. The van der Waals surface area contributed by atoms with Crippen LogP contribution in [-0.2, 0) is 9.53 Å². The number of aliphatic hydroxyl groups is 1. The van der Waals surface area contributed by atoms with Gasteiger partial charge in [0.25, 0.3) is 0 Å². The monoisotopic (exact) mass is 175 g/mol. The van der Waals surface area contributed by atoms with Gasteiger partial charge in [0, 0.05) is 6.54 Å². The smallest absolute Gasteiger partial charge is 0.312 e. The standard InChI is InChI=1S/C8H17NO3/c1-6(10)4-8(2,5-9)7(11)12-3/h6,10H,4-5,9H2,1-3H3. The van der Waals surface area contributed by atoms with Crippen LogP contribution >= 0.6 is 0 Å². The molecule has 0 spiro atoms. The van der Waals surface area contributed by atoms with Crippen molar-refractivity contribution in [1.82, 2.24) is 0 Å². The number of carbonyl (C=O) groups excluding carboxylic acids is 1. The fourth-order valence-electron chi connectivity index (χ4n) is 1.15. The van der Waals surface area contributed by atoms with Crippen molar-refractivity contribution in [3.63, 3.8) is 0 Å². The Morgan fingerprint density at radius 3 is 2.50 bits per heavy atom. The Bertz CT molecular complexity index is 158. The van der Waals surface area contributed by atoms with E-state index < -0.39 is 11.5 Å². The number of hydrogen-bond donors (Lipinski definition) is 2. The molecule has 2 atom stereocenters. The highest BCUT2D eigenvalue weighted by molar-refractivity contribution is 5.76. The van der Waals surface area contributed by atoms with Crippen molar-refractivity contribution in [2.45, 2.75) is 26.4 Å². The SMILES string of the molecule is COC(=O)C(C)(CN)CC(C)O. The van der Waals surface area contributed by atoms with Crippen LogP contribution in [0.2, 0.25) is 0 Å². The molecule has 0 aromatic heterocycles. The number of nitrogens with two attached hydrogens (primary N) is 1. The molecule has 72 valence electrons. The number of esters is 1. The second kappa shape index (κ2) is 4.42. The third kappa shape index (κ3) is 2.79. The van der Waals surface area contributed by atoms with E-state index in [0.29, 0.717) is 6.42 Å². The summed E-state index contributed by atoms with van der Waals surface area (Å²) in [5, 5.41) is 9.10. The van der Waals surface area contributed by atoms with Crippen molar-refractivity contribution in [1.29, 1.82) is 0 Å². The molecule has 2 unspecified atom stereocenters. The Labute approximate surface area is 72.7 Å². The minimum atomic E-state index is -0.761. The number of aliphatic hydroxyl groups excluding tert-OH is 1. The van der Waals surface area contributed by atoms with E-state index in [4.69, 9.17) is 10.8 Å². The molecular weight excluding hydrogens is 158 g/mol. The van der Waals surface area contributed by atoms with Crippen LogP contribution < -0.4 is 5.73 Å². The third-order valence-electron chi connectivity index (χ3n) is 1.87. The zero-order valence-electron chi connectivity index (χ0n) is 7.83. The Hall–Kier alpha value is -0.610. The van der Waals surface area contributed by atoms with Crippen molar-refractivity contribution < 1.29 is 14.6 Å². The van der Waals surface area contributed by atoms with E-state index in [9.17, 15) is 4.79 Å². The predicted octanol–water partition coefficient (Wildman–Crippen LogP) is -0.105. The van der Waals surface area contributed by atoms with E-state index >= 15 is 0 Å². The van der Waals surface area contributed by atoms with Crippen molar-refractivity contribution in [3.05, 3.63) is 0 Å². The summed E-state index contributed by atoms with van der Waals surface area (Å²) in [6.45, 7) is 3.49. The van der Waals surface area contributed by atoms with Gasteiger partial charge in [-0.05, 0) is 20.3 Å². The van der Waals surface area contributed by atoms with Gasteiger partial charge in [-0.2, -0.15) is 0 Å². The molecule has 0 heterocycles. The van der Waals surface area contributed by atoms with Crippen LogP contribution in [0.3, 0.4) is 0 Å². The quantitative estimate of drug-likeness (QED) is 0.585. The fourth-order valence-corrected chi connectivity index (χ4v) is 1.15. The molecule has 0 bridgehead atoms. The molecular formula is C8H17NO3. The van der Waals surface area contributed by atoms with Crippen LogP contribution in [0.15, 0.2) is 0 Å². The lowest BCUT2D eigenvalue weighted by molar-refractivity contribution is -0.152. The average molecular weight is 175 g/mol. The molecule has 0 aromatic rings. The summed E-state index contributed by atoms with van der Waals surface area (Å²) in [5.41, 5.74) is 4.66. The number of ether oxygens (including phenoxy) is 1. The molecule has 0 fully saturated rings. The minimum absolute atomic E-state index is 0.185. The highest BCUT2D eigenvalue weighted by Crippen LogP contribution is 2.23. The van der Waals surface area contributed by atoms with Crippen molar-refractivity contribution in [3.8, 4) is 0 Å². The summed E-state index contributed by atoms with van der Waals surface area (Å²) in [7, 11) is 1.32. The van der Waals surface area contributed by atoms with Crippen molar-refractivity contribution >= 4 is 5.97 Å². The Kier molecular flexibility index (Phi) is 4.20. The van der Waals surface area contributed by atoms with E-state index in [1.165, 1.54) is 7.11 Å². The van der Waals surface area contributed by atoms with E-state index in [-0.39, 0.29) is 12.5 Å². The maximum absolute atomic E-state index is 11.2. The van der Waals surface area contributed by atoms with Gasteiger partial charge in [0.2, 0.25) is 0 Å². The van der Waals surface area contributed by atoms with Gasteiger partial charge in [-0.25, -0.2) is 0 Å². The molecule has 12 heavy (non-hydrogen) atoms. The molecule has 0 aromatic carbocycles. The lowest BCUT2D eigenvalue weighted by Crippen LogP contribution is -2.39. The normalized spacial score (nSPS) is 18.1. The molecule has 3 N–H and O–H groups in total. The van der Waals surface area contributed by atoms with E-state index in [1.807, 2.05) is 0 Å². The van der Waals surface area contributed by atoms with Gasteiger partial charge < -0.3 is 15.6 Å². The molecule has 0 aliphatic heterocycles. The fraction of sp³-hybridized carbons (Fsp3) is 0.875. The highest BCUT2D eigenvalue weighted by Gasteiger charge is 2.33. The molecule has 4 nitrogen and oxygen atoms in total. The van der Waals surface area contributed by atoms with Crippen LogP contribution in [0.4, 0.5) is 0 Å². The lowest BCUT2D eigenvalue weighted by Gasteiger charge is -2.25. The number of carbonyl (C=O) groups is 1. The van der Waals surface area contributed by atoms with Gasteiger partial charge in [0.05, 0.1) is 18.6 Å². The molecule has 0 saturated heterocycles. The topological polar surface area (TPSA) is 72.5 Å². The Morgan fingerprint density at radius 1 is 1.75 bits per heavy atom. The largest absolute Gasteiger partial charge is 0.469 e. The third-order valence-corrected chi connectivity index (χ3v) is 1.87. The van der Waals surface area contributed by atoms with Gasteiger partial charge in [-0.15, -0.1) is 0 Å². The first-order valence-electron chi connectivity index (χ1n) is 3.93. The van der Waals surface area contributed by atoms with Gasteiger partial charge in [0.15, 0.2) is 0 Å². The van der Waals surface area contributed by atoms with Gasteiger partial charge >= 0.3 is 5.97 Å². The minimum Gasteiger partial charge on any atom is -0.469 e. The van der Waals surface area contributed by atoms with Gasteiger partial charge in [-0.1, -0.05) is 0 Å². The first kappa shape index (κ1) is 11.4. The molecule has 0 saturated carbocycles. The van der Waals surface area contributed by atoms with Crippen LogP contribution in [-0.4, -0.2) is 30.8 Å². The van der Waals surface area contributed by atoms with Crippen LogP contribution in [0.5, 0.6) is 0 Å². The zero-order valence-corrected chi connectivity index (χ0v) is 7.83. The maximum atomic E-state index is 11.2. The highest BCUT2D eigenvalue weighted by atomic mass is 16.5. The summed E-state index contributed by atoms with van der Waals surface area (Å²) >= 11 is 0. The first-order valence-corrected chi connectivity index (χ1v) is 3.93. The summed E-state index contributed by atoms with van der Waals surface area (Å²) in [5.74, 6) is -0.370. The molecule has 0 aliphatic rings. The number of rotatable bonds is 4. The molecule has 0 radical (unpaired) electrons. The van der Waals surface area contributed by atoms with E-state index in [2.05, 4.69) is 4.74 Å². The van der Waals surface area contributed by atoms with Gasteiger partial charge in [0.1, 0.15) is 0 Å². The summed E-state index contributed by atoms with van der Waals surface area (Å²) < 4.78 is 4.58. The Balaban J connectivity index is 4.33. The predicted molar refractivity (Wildman–Crippen MR) is 45.5 cm³/mol. The molecule has 0 rings (SSSR count). The summed E-state index contributed by atoms with van der Waals surface area (Å²) in [4.78, 5) is 11.2. The number of methoxy groups -OCH3 is 1. The lowest BCUT2D eigenvalue weighted by atomic mass is 9.85. The van der Waals surface area contributed by atoms with Crippen molar-refractivity contribution in [2.24, 2.45) is 11.1 Å². The summed E-state index contributed by atoms with van der Waals surface area (Å²) in [6.07, 6.45) is -0.214. The molecule has 0 aliphatic carbocycles. The van der Waals surface area contributed by atoms with E-state index in [1.54, 1.807) is 13.8 Å². The number of hydrogen-bond acceptors (Lipinski definition) is 4. The van der Waals surface area contributed by atoms with Crippen LogP contribution in [0.1, 0.15) is 20.3 Å². The van der Waals surface area contributed by atoms with Crippen LogP contribution in [0, 0.1) is 5.41 Å². The Morgan fingerprint density at radius 2 is 2.25 bits per heavy atom. The maximum Gasteiger partial charge on any atom is 0.312 e. The second-order valence-corrected chi connectivity index (χ2v) is 3.31. The first-order chi connectivity index (χ1) is 5.46. The molecule has 0 amide bonds. The van der Waals surface area contributed by atoms with Crippen molar-refractivity contribution in [2.75, 3.05) is 13.7 Å². The van der Waals surface area contributed by atoms with Gasteiger partial charge in [-0.3, -0.25) is 4.79 Å². The average Bonchev–Trinajstić information content (AvgIpc) is 2.01. The van der Waals surface area contributed by atoms with Crippen LogP contribution in [0.25, 0.3) is 0 Å².